The first-order valence-corrected chi connectivity index (χ1v) is 9.57. The molecule has 0 saturated carbocycles. The van der Waals surface area contributed by atoms with Gasteiger partial charge in [0, 0.05) is 32.0 Å². The van der Waals surface area contributed by atoms with Gasteiger partial charge in [-0.15, -0.1) is 0 Å². The second-order valence-corrected chi connectivity index (χ2v) is 7.19. The number of anilines is 1. The maximum absolute atomic E-state index is 13.1. The largest absolute Gasteiger partial charge is 0.465 e. The Hall–Kier alpha value is -3.34. The Bertz CT molecular complexity index is 957. The van der Waals surface area contributed by atoms with Crippen LogP contribution in [0.3, 0.4) is 0 Å². The molecular formula is C24H26N2O3. The van der Waals surface area contributed by atoms with E-state index in [0.29, 0.717) is 29.8 Å². The Morgan fingerprint density at radius 3 is 2.31 bits per heavy atom. The zero-order valence-corrected chi connectivity index (χ0v) is 17.3. The van der Waals surface area contributed by atoms with E-state index >= 15 is 0 Å². The minimum atomic E-state index is -0.491. The Labute approximate surface area is 171 Å². The van der Waals surface area contributed by atoms with Crippen LogP contribution < -0.4 is 4.90 Å². The van der Waals surface area contributed by atoms with Gasteiger partial charge in [0.2, 0.25) is 0 Å². The molecule has 0 fully saturated rings. The van der Waals surface area contributed by atoms with Gasteiger partial charge >= 0.3 is 5.97 Å². The van der Waals surface area contributed by atoms with E-state index < -0.39 is 5.97 Å². The van der Waals surface area contributed by atoms with Gasteiger partial charge in [-0.2, -0.15) is 0 Å². The zero-order chi connectivity index (χ0) is 21.0. The number of benzene rings is 2. The van der Waals surface area contributed by atoms with E-state index in [1.165, 1.54) is 7.11 Å². The first kappa shape index (κ1) is 20.4. The van der Waals surface area contributed by atoms with E-state index in [1.54, 1.807) is 17.9 Å². The second-order valence-electron chi connectivity index (χ2n) is 7.19. The highest BCUT2D eigenvalue weighted by Gasteiger charge is 2.36. The number of methoxy groups -OCH3 is 1. The van der Waals surface area contributed by atoms with Crippen molar-refractivity contribution in [3.8, 4) is 0 Å². The number of allylic oxidation sites excluding steroid dienone is 1. The molecule has 5 heteroatoms. The van der Waals surface area contributed by atoms with E-state index in [-0.39, 0.29) is 5.91 Å². The molecule has 0 unspecified atom stereocenters. The summed E-state index contributed by atoms with van der Waals surface area (Å²) < 4.78 is 4.96. The van der Waals surface area contributed by atoms with Crippen molar-refractivity contribution in [2.75, 3.05) is 32.6 Å². The number of carbonyl (C=O) groups is 2. The predicted octanol–water partition coefficient (Wildman–Crippen LogP) is 3.67. The van der Waals surface area contributed by atoms with E-state index in [2.05, 4.69) is 0 Å². The molecule has 0 aliphatic carbocycles. The second kappa shape index (κ2) is 8.78. The quantitative estimate of drug-likeness (QED) is 0.558. The van der Waals surface area contributed by atoms with Crippen LogP contribution in [0.5, 0.6) is 0 Å². The smallest absolute Gasteiger partial charge is 0.340 e. The fourth-order valence-corrected chi connectivity index (χ4v) is 3.42. The van der Waals surface area contributed by atoms with Crippen LogP contribution in [-0.4, -0.2) is 44.5 Å². The van der Waals surface area contributed by atoms with Gasteiger partial charge in [0.1, 0.15) is 0 Å². The fourth-order valence-electron chi connectivity index (χ4n) is 3.42. The number of nitrogens with zero attached hydrogens (tertiary/aromatic N) is 2. The van der Waals surface area contributed by atoms with Gasteiger partial charge < -0.3 is 14.5 Å². The van der Waals surface area contributed by atoms with Crippen molar-refractivity contribution in [3.63, 3.8) is 0 Å². The number of carbonyl (C=O) groups excluding carboxylic acids is 2. The minimum Gasteiger partial charge on any atom is -0.465 e. The average Bonchev–Trinajstić information content (AvgIpc) is 2.96. The highest BCUT2D eigenvalue weighted by atomic mass is 16.5. The Morgan fingerprint density at radius 2 is 1.72 bits per heavy atom. The van der Waals surface area contributed by atoms with Gasteiger partial charge in [-0.1, -0.05) is 42.5 Å². The third-order valence-electron chi connectivity index (χ3n) is 5.09. The monoisotopic (exact) mass is 390 g/mol. The normalized spacial score (nSPS) is 15.2. The van der Waals surface area contributed by atoms with Crippen molar-refractivity contribution in [3.05, 3.63) is 82.6 Å². The number of rotatable bonds is 6. The molecule has 150 valence electrons. The van der Waals surface area contributed by atoms with Crippen LogP contribution in [-0.2, 0) is 20.7 Å². The lowest BCUT2D eigenvalue weighted by Crippen LogP contribution is -2.27. The summed E-state index contributed by atoms with van der Waals surface area (Å²) in [5.74, 6) is -0.662. The summed E-state index contributed by atoms with van der Waals surface area (Å²) in [4.78, 5) is 29.2. The molecular weight excluding hydrogens is 364 g/mol. The van der Waals surface area contributed by atoms with E-state index in [4.69, 9.17) is 4.74 Å². The minimum absolute atomic E-state index is 0.171. The summed E-state index contributed by atoms with van der Waals surface area (Å²) in [5.41, 5.74) is 4.41. The molecule has 0 aromatic heterocycles. The van der Waals surface area contributed by atoms with Gasteiger partial charge in [-0.3, -0.25) is 4.79 Å². The summed E-state index contributed by atoms with van der Waals surface area (Å²) >= 11 is 0. The van der Waals surface area contributed by atoms with E-state index in [0.717, 1.165) is 16.8 Å². The number of ether oxygens (including phenoxy) is 1. The maximum Gasteiger partial charge on any atom is 0.340 e. The third-order valence-corrected chi connectivity index (χ3v) is 5.09. The van der Waals surface area contributed by atoms with Crippen molar-refractivity contribution < 1.29 is 14.3 Å². The number of esters is 1. The molecule has 3 rings (SSSR count). The van der Waals surface area contributed by atoms with Crippen LogP contribution in [0.2, 0.25) is 0 Å². The van der Waals surface area contributed by atoms with Crippen molar-refractivity contribution in [1.82, 2.24) is 4.90 Å². The van der Waals surface area contributed by atoms with Crippen LogP contribution in [0, 0.1) is 0 Å². The predicted molar refractivity (Wildman–Crippen MR) is 115 cm³/mol. The molecule has 2 aromatic rings. The molecule has 29 heavy (non-hydrogen) atoms. The van der Waals surface area contributed by atoms with Crippen molar-refractivity contribution in [2.24, 2.45) is 0 Å². The van der Waals surface area contributed by atoms with Crippen molar-refractivity contribution >= 4 is 23.6 Å². The van der Waals surface area contributed by atoms with Crippen LogP contribution in [0.25, 0.3) is 6.08 Å². The molecule has 0 spiro atoms. The van der Waals surface area contributed by atoms with Gasteiger partial charge in [0.15, 0.2) is 0 Å². The Kier molecular flexibility index (Phi) is 6.17. The molecule has 1 aliphatic rings. The van der Waals surface area contributed by atoms with Crippen LogP contribution in [0.1, 0.15) is 18.1 Å². The van der Waals surface area contributed by atoms with Crippen LogP contribution >= 0.6 is 0 Å². The van der Waals surface area contributed by atoms with Crippen LogP contribution in [0.15, 0.2) is 71.4 Å². The zero-order valence-electron chi connectivity index (χ0n) is 17.3. The summed E-state index contributed by atoms with van der Waals surface area (Å²) in [6, 6.07) is 17.8. The molecule has 0 saturated heterocycles. The Balaban J connectivity index is 1.91. The number of hydrogen-bond donors (Lipinski definition) is 0. The summed E-state index contributed by atoms with van der Waals surface area (Å²) in [5, 5.41) is 0. The Morgan fingerprint density at radius 1 is 1.07 bits per heavy atom. The lowest BCUT2D eigenvalue weighted by molar-refractivity contribution is -0.136. The molecule has 2 aromatic carbocycles. The molecule has 0 radical (unpaired) electrons. The number of hydrogen-bond acceptors (Lipinski definition) is 4. The first-order valence-electron chi connectivity index (χ1n) is 9.57. The average molecular weight is 390 g/mol. The van der Waals surface area contributed by atoms with Crippen LogP contribution in [0.4, 0.5) is 5.69 Å². The van der Waals surface area contributed by atoms with Gasteiger partial charge in [0.05, 0.1) is 18.3 Å². The highest BCUT2D eigenvalue weighted by molar-refractivity contribution is 6.16. The molecule has 5 nitrogen and oxygen atoms in total. The van der Waals surface area contributed by atoms with E-state index in [9.17, 15) is 9.59 Å². The molecule has 0 N–H and O–H groups in total. The van der Waals surface area contributed by atoms with Crippen molar-refractivity contribution in [1.29, 1.82) is 0 Å². The molecule has 1 amide bonds. The van der Waals surface area contributed by atoms with Gasteiger partial charge in [-0.25, -0.2) is 4.79 Å². The summed E-state index contributed by atoms with van der Waals surface area (Å²) in [6.45, 7) is 2.30. The lowest BCUT2D eigenvalue weighted by Gasteiger charge is -2.17. The van der Waals surface area contributed by atoms with Gasteiger partial charge in [0.25, 0.3) is 5.91 Å². The molecule has 1 aliphatic heterocycles. The fraction of sp³-hybridized carbons (Fsp3) is 0.250. The standard InChI is InChI=1S/C24H26N2O3/c1-17-22(24(28)29-4)21(16-19-10-12-20(13-11-19)25(2)3)23(27)26(17)15-14-18-8-6-5-7-9-18/h5-13,16H,14-15H2,1-4H3. The SMILES string of the molecule is COC(=O)C1=C(C)N(CCc2ccccc2)C(=O)C1=Cc1ccc(N(C)C)cc1. The van der Waals surface area contributed by atoms with Gasteiger partial charge in [-0.05, 0) is 42.7 Å². The highest BCUT2D eigenvalue weighted by Crippen LogP contribution is 2.32. The molecule has 0 atom stereocenters. The van der Waals surface area contributed by atoms with E-state index in [1.807, 2.05) is 73.6 Å². The van der Waals surface area contributed by atoms with Crippen molar-refractivity contribution in [2.45, 2.75) is 13.3 Å². The summed E-state index contributed by atoms with van der Waals surface area (Å²) in [6.07, 6.45) is 2.48. The molecule has 1 heterocycles. The lowest BCUT2D eigenvalue weighted by atomic mass is 10.0. The topological polar surface area (TPSA) is 49.9 Å². The summed E-state index contributed by atoms with van der Waals surface area (Å²) in [7, 11) is 5.28. The number of amides is 1. The third kappa shape index (κ3) is 4.40. The first-order chi connectivity index (χ1) is 13.9. The maximum atomic E-state index is 13.1. The molecule has 0 bridgehead atoms.